The Bertz CT molecular complexity index is 862. The van der Waals surface area contributed by atoms with Gasteiger partial charge >= 0.3 is 0 Å². The van der Waals surface area contributed by atoms with Crippen LogP contribution in [0.2, 0.25) is 0 Å². The number of rotatable bonds is 3. The number of nitrogens with two attached hydrogens (primary N) is 1. The average molecular weight is 283 g/mol. The Balaban J connectivity index is 1.99. The van der Waals surface area contributed by atoms with E-state index in [-0.39, 0.29) is 5.56 Å². The van der Waals surface area contributed by atoms with Crippen molar-refractivity contribution in [3.63, 3.8) is 0 Å². The lowest BCUT2D eigenvalue weighted by molar-refractivity contribution is 0.778. The van der Waals surface area contributed by atoms with Crippen LogP contribution >= 0.6 is 0 Å². The van der Waals surface area contributed by atoms with Gasteiger partial charge in [-0.3, -0.25) is 9.48 Å². The Hall–Kier alpha value is -2.76. The molecule has 0 unspecified atom stereocenters. The first kappa shape index (κ1) is 13.2. The minimum Gasteiger partial charge on any atom is -0.384 e. The molecule has 0 spiro atoms. The second-order valence-electron chi connectivity index (χ2n) is 5.00. The van der Waals surface area contributed by atoms with E-state index < -0.39 is 0 Å². The summed E-state index contributed by atoms with van der Waals surface area (Å²) in [7, 11) is 3.57. The van der Waals surface area contributed by atoms with Crippen molar-refractivity contribution in [2.45, 2.75) is 6.54 Å². The van der Waals surface area contributed by atoms with Crippen molar-refractivity contribution in [1.82, 2.24) is 14.3 Å². The van der Waals surface area contributed by atoms with E-state index in [4.69, 9.17) is 5.73 Å². The number of hydrogen-bond acceptors (Lipinski definition) is 4. The van der Waals surface area contributed by atoms with Gasteiger partial charge in [-0.2, -0.15) is 5.10 Å². The van der Waals surface area contributed by atoms with E-state index in [1.54, 1.807) is 35.6 Å². The number of fused-ring (bicyclic) bond motifs is 1. The Morgan fingerprint density at radius 1 is 1.29 bits per heavy atom. The van der Waals surface area contributed by atoms with Crippen LogP contribution in [0.4, 0.5) is 11.5 Å². The molecule has 0 fully saturated rings. The highest BCUT2D eigenvalue weighted by Crippen LogP contribution is 2.22. The number of benzene rings is 1. The topological polar surface area (TPSA) is 77.9 Å². The smallest absolute Gasteiger partial charge is 0.252 e. The standard InChI is InChI=1S/C15H17N5O/c1-19-13-6-4-3-5-11(13)12(7-14(19)21)17-8-10-9-18-20(2)15(10)16/h3-7,9,17H,8,16H2,1-2H3. The maximum atomic E-state index is 12.0. The molecule has 0 aliphatic carbocycles. The Kier molecular flexibility index (Phi) is 3.13. The number of pyridine rings is 1. The van der Waals surface area contributed by atoms with Gasteiger partial charge in [-0.15, -0.1) is 0 Å². The van der Waals surface area contributed by atoms with E-state index in [9.17, 15) is 4.79 Å². The van der Waals surface area contributed by atoms with Gasteiger partial charge in [0.25, 0.3) is 5.56 Å². The number of para-hydroxylation sites is 1. The van der Waals surface area contributed by atoms with Crippen LogP contribution in [0.1, 0.15) is 5.56 Å². The SMILES string of the molecule is Cn1ncc(CNc2cc(=O)n(C)c3ccccc23)c1N. The van der Waals surface area contributed by atoms with Gasteiger partial charge in [-0.25, -0.2) is 0 Å². The zero-order chi connectivity index (χ0) is 15.0. The number of nitrogen functional groups attached to an aromatic ring is 1. The maximum absolute atomic E-state index is 12.0. The summed E-state index contributed by atoms with van der Waals surface area (Å²) < 4.78 is 3.26. The second kappa shape index (κ2) is 4.97. The van der Waals surface area contributed by atoms with Crippen molar-refractivity contribution < 1.29 is 0 Å². The van der Waals surface area contributed by atoms with E-state index in [0.29, 0.717) is 12.4 Å². The number of nitrogens with one attached hydrogen (secondary N) is 1. The van der Waals surface area contributed by atoms with Crippen molar-refractivity contribution in [2.24, 2.45) is 14.1 Å². The van der Waals surface area contributed by atoms with Gasteiger partial charge in [0.1, 0.15) is 5.82 Å². The van der Waals surface area contributed by atoms with E-state index >= 15 is 0 Å². The predicted molar refractivity (Wildman–Crippen MR) is 84.1 cm³/mol. The lowest BCUT2D eigenvalue weighted by atomic mass is 10.1. The number of aromatic nitrogens is 3. The van der Waals surface area contributed by atoms with Crippen LogP contribution in [-0.2, 0) is 20.6 Å². The molecule has 0 bridgehead atoms. The molecule has 6 heteroatoms. The first-order valence-corrected chi connectivity index (χ1v) is 6.67. The lowest BCUT2D eigenvalue weighted by Crippen LogP contribution is -2.17. The summed E-state index contributed by atoms with van der Waals surface area (Å²) in [5.74, 6) is 0.621. The van der Waals surface area contributed by atoms with Gasteiger partial charge in [0, 0.05) is 43.3 Å². The molecular formula is C15H17N5O. The van der Waals surface area contributed by atoms with E-state index in [1.165, 1.54) is 0 Å². The predicted octanol–water partition coefficient (Wildman–Crippen LogP) is 1.47. The Morgan fingerprint density at radius 3 is 2.76 bits per heavy atom. The monoisotopic (exact) mass is 283 g/mol. The van der Waals surface area contributed by atoms with E-state index in [0.717, 1.165) is 22.2 Å². The van der Waals surface area contributed by atoms with Crippen molar-refractivity contribution in [1.29, 1.82) is 0 Å². The molecule has 3 N–H and O–H groups in total. The van der Waals surface area contributed by atoms with Crippen LogP contribution in [0, 0.1) is 0 Å². The summed E-state index contributed by atoms with van der Waals surface area (Å²) in [5, 5.41) is 8.39. The van der Waals surface area contributed by atoms with Gasteiger partial charge in [-0.05, 0) is 6.07 Å². The van der Waals surface area contributed by atoms with E-state index in [1.807, 2.05) is 24.3 Å². The summed E-state index contributed by atoms with van der Waals surface area (Å²) in [4.78, 5) is 12.0. The summed E-state index contributed by atoms with van der Waals surface area (Å²) in [6, 6.07) is 9.40. The highest BCUT2D eigenvalue weighted by Gasteiger charge is 2.08. The molecule has 0 aliphatic heterocycles. The summed E-state index contributed by atoms with van der Waals surface area (Å²) in [6.07, 6.45) is 1.73. The minimum absolute atomic E-state index is 0.0460. The molecule has 108 valence electrons. The van der Waals surface area contributed by atoms with Crippen LogP contribution in [0.3, 0.4) is 0 Å². The van der Waals surface area contributed by atoms with Gasteiger partial charge in [0.2, 0.25) is 0 Å². The fraction of sp³-hybridized carbons (Fsp3) is 0.200. The second-order valence-corrected chi connectivity index (χ2v) is 5.00. The number of anilines is 2. The Morgan fingerprint density at radius 2 is 2.05 bits per heavy atom. The van der Waals surface area contributed by atoms with Crippen LogP contribution in [0.15, 0.2) is 41.3 Å². The fourth-order valence-corrected chi connectivity index (χ4v) is 2.38. The zero-order valence-corrected chi connectivity index (χ0v) is 12.0. The largest absolute Gasteiger partial charge is 0.384 e. The molecule has 2 heterocycles. The van der Waals surface area contributed by atoms with Gasteiger partial charge in [0.15, 0.2) is 0 Å². The molecule has 0 amide bonds. The molecule has 1 aromatic carbocycles. The highest BCUT2D eigenvalue weighted by molar-refractivity contribution is 5.91. The molecule has 2 aromatic heterocycles. The Labute approximate surface area is 121 Å². The fourth-order valence-electron chi connectivity index (χ4n) is 2.38. The highest BCUT2D eigenvalue weighted by atomic mass is 16.1. The molecule has 0 atom stereocenters. The van der Waals surface area contributed by atoms with Crippen molar-refractivity contribution >= 4 is 22.4 Å². The summed E-state index contributed by atoms with van der Waals surface area (Å²) in [5.41, 5.74) is 8.48. The van der Waals surface area contributed by atoms with Crippen molar-refractivity contribution in [3.05, 3.63) is 52.4 Å². The third-order valence-electron chi connectivity index (χ3n) is 3.69. The average Bonchev–Trinajstić information content (AvgIpc) is 2.81. The third kappa shape index (κ3) is 2.24. The van der Waals surface area contributed by atoms with Gasteiger partial charge in [0.05, 0.1) is 11.7 Å². The quantitative estimate of drug-likeness (QED) is 0.763. The van der Waals surface area contributed by atoms with Gasteiger partial charge < -0.3 is 15.6 Å². The molecule has 3 rings (SSSR count). The molecule has 0 saturated heterocycles. The number of nitrogens with zero attached hydrogens (tertiary/aromatic N) is 3. The van der Waals surface area contributed by atoms with Crippen LogP contribution in [0.5, 0.6) is 0 Å². The van der Waals surface area contributed by atoms with Crippen LogP contribution in [0.25, 0.3) is 10.9 Å². The zero-order valence-electron chi connectivity index (χ0n) is 12.0. The minimum atomic E-state index is -0.0460. The van der Waals surface area contributed by atoms with Crippen molar-refractivity contribution in [3.8, 4) is 0 Å². The molecule has 21 heavy (non-hydrogen) atoms. The third-order valence-corrected chi connectivity index (χ3v) is 3.69. The lowest BCUT2D eigenvalue weighted by Gasteiger charge is -2.12. The molecule has 0 saturated carbocycles. The number of hydrogen-bond donors (Lipinski definition) is 2. The normalized spacial score (nSPS) is 11.0. The maximum Gasteiger partial charge on any atom is 0.252 e. The molecular weight excluding hydrogens is 266 g/mol. The van der Waals surface area contributed by atoms with Crippen molar-refractivity contribution in [2.75, 3.05) is 11.1 Å². The van der Waals surface area contributed by atoms with Crippen LogP contribution < -0.4 is 16.6 Å². The first-order chi connectivity index (χ1) is 10.1. The van der Waals surface area contributed by atoms with Gasteiger partial charge in [-0.1, -0.05) is 18.2 Å². The summed E-state index contributed by atoms with van der Waals surface area (Å²) >= 11 is 0. The first-order valence-electron chi connectivity index (χ1n) is 6.67. The molecule has 0 radical (unpaired) electrons. The van der Waals surface area contributed by atoms with Crippen LogP contribution in [-0.4, -0.2) is 14.3 Å². The molecule has 6 nitrogen and oxygen atoms in total. The summed E-state index contributed by atoms with van der Waals surface area (Å²) in [6.45, 7) is 0.525. The molecule has 3 aromatic rings. The van der Waals surface area contributed by atoms with E-state index in [2.05, 4.69) is 10.4 Å². The molecule has 0 aliphatic rings. The number of aryl methyl sites for hydroxylation is 2.